The predicted octanol–water partition coefficient (Wildman–Crippen LogP) is 5.50. The number of nitrogens with zero attached hydrogens (tertiary/aromatic N) is 1. The van der Waals surface area contributed by atoms with Crippen molar-refractivity contribution in [2.24, 2.45) is 0 Å². The fourth-order valence-corrected chi connectivity index (χ4v) is 5.15. The summed E-state index contributed by atoms with van der Waals surface area (Å²) in [4.78, 5) is 24.9. The number of hydrogen-bond donors (Lipinski definition) is 2. The van der Waals surface area contributed by atoms with Crippen molar-refractivity contribution in [1.29, 1.82) is 0 Å². The molecule has 1 unspecified atom stereocenters. The van der Waals surface area contributed by atoms with Crippen molar-refractivity contribution in [2.75, 3.05) is 6.54 Å². The smallest absolute Gasteiger partial charge is 0.333 e. The van der Waals surface area contributed by atoms with Gasteiger partial charge < -0.3 is 10.4 Å². The molecule has 0 aliphatic heterocycles. The van der Waals surface area contributed by atoms with E-state index in [0.29, 0.717) is 17.1 Å². The van der Waals surface area contributed by atoms with Crippen LogP contribution in [0.3, 0.4) is 0 Å². The molecule has 0 radical (unpaired) electrons. The first-order valence-electron chi connectivity index (χ1n) is 11.5. The molecule has 7 nitrogen and oxygen atoms in total. The SMILES string of the molecule is CCCCCCCCCCC(=O)c1cc(Cl)ccc1S(=O)(=O)N(C(=O)NCCC)C(C)O. The van der Waals surface area contributed by atoms with Crippen molar-refractivity contribution in [1.82, 2.24) is 9.62 Å². The van der Waals surface area contributed by atoms with Crippen LogP contribution in [0.15, 0.2) is 23.1 Å². The first-order chi connectivity index (χ1) is 15.2. The Labute approximate surface area is 197 Å². The van der Waals surface area contributed by atoms with E-state index in [1.54, 1.807) is 0 Å². The minimum atomic E-state index is -4.48. The molecule has 0 aliphatic carbocycles. The van der Waals surface area contributed by atoms with E-state index in [1.165, 1.54) is 50.8 Å². The van der Waals surface area contributed by atoms with E-state index in [4.69, 9.17) is 11.6 Å². The first kappa shape index (κ1) is 28.4. The van der Waals surface area contributed by atoms with Gasteiger partial charge in [0.1, 0.15) is 6.23 Å². The Morgan fingerprint density at radius 2 is 1.62 bits per heavy atom. The van der Waals surface area contributed by atoms with Gasteiger partial charge in [0, 0.05) is 23.6 Å². The van der Waals surface area contributed by atoms with Gasteiger partial charge in [0.15, 0.2) is 5.78 Å². The first-order valence-corrected chi connectivity index (χ1v) is 13.3. The van der Waals surface area contributed by atoms with Crippen molar-refractivity contribution in [2.45, 2.75) is 96.1 Å². The number of sulfonamides is 1. The molecule has 0 heterocycles. The summed E-state index contributed by atoms with van der Waals surface area (Å²) < 4.78 is 26.8. The molecule has 1 aromatic rings. The third-order valence-corrected chi connectivity index (χ3v) is 7.24. The molecular weight excluding hydrogens is 452 g/mol. The average molecular weight is 489 g/mol. The highest BCUT2D eigenvalue weighted by atomic mass is 35.5. The molecule has 1 aromatic carbocycles. The van der Waals surface area contributed by atoms with Gasteiger partial charge in [-0.15, -0.1) is 0 Å². The van der Waals surface area contributed by atoms with Crippen LogP contribution >= 0.6 is 11.6 Å². The number of hydrogen-bond acceptors (Lipinski definition) is 5. The number of urea groups is 1. The molecule has 32 heavy (non-hydrogen) atoms. The Bertz CT molecular complexity index is 843. The Morgan fingerprint density at radius 3 is 2.19 bits per heavy atom. The fourth-order valence-electron chi connectivity index (χ4n) is 3.39. The predicted molar refractivity (Wildman–Crippen MR) is 127 cm³/mol. The number of carbonyl (C=O) groups excluding carboxylic acids is 2. The molecule has 1 atom stereocenters. The number of unbranched alkanes of at least 4 members (excludes halogenated alkanes) is 7. The molecule has 1 rings (SSSR count). The maximum Gasteiger partial charge on any atom is 0.333 e. The molecule has 0 aliphatic rings. The zero-order chi connectivity index (χ0) is 24.1. The maximum atomic E-state index is 13.2. The van der Waals surface area contributed by atoms with Gasteiger partial charge in [0.2, 0.25) is 0 Å². The molecule has 182 valence electrons. The molecule has 0 fully saturated rings. The highest BCUT2D eigenvalue weighted by Gasteiger charge is 2.35. The molecule has 0 saturated heterocycles. The molecular formula is C23H37ClN2O5S. The minimum absolute atomic E-state index is 0.0608. The van der Waals surface area contributed by atoms with Crippen LogP contribution in [0.4, 0.5) is 4.79 Å². The van der Waals surface area contributed by atoms with Gasteiger partial charge >= 0.3 is 6.03 Å². The van der Waals surface area contributed by atoms with Crippen molar-refractivity contribution in [3.8, 4) is 0 Å². The number of aliphatic hydroxyl groups excluding tert-OH is 1. The highest BCUT2D eigenvalue weighted by molar-refractivity contribution is 7.89. The number of ketones is 1. The van der Waals surface area contributed by atoms with Crippen LogP contribution in [-0.4, -0.2) is 42.4 Å². The standard InChI is InChI=1S/C23H37ClN2O5S/c1-4-6-7-8-9-10-11-12-13-21(28)20-17-19(24)14-15-22(20)32(30,31)26(18(3)27)23(29)25-16-5-2/h14-15,17-18,27H,4-13,16H2,1-3H3,(H,25,29). The number of rotatable bonds is 15. The monoisotopic (exact) mass is 488 g/mol. The largest absolute Gasteiger partial charge is 0.373 e. The average Bonchev–Trinajstić information content (AvgIpc) is 2.73. The summed E-state index contributed by atoms with van der Waals surface area (Å²) in [5.74, 6) is -0.350. The second-order valence-electron chi connectivity index (χ2n) is 7.95. The number of Topliss-reactive ketones (excluding diaryl/α,β-unsaturated/α-hetero) is 1. The van der Waals surface area contributed by atoms with Gasteiger partial charge in [-0.25, -0.2) is 13.2 Å². The number of benzene rings is 1. The third-order valence-electron chi connectivity index (χ3n) is 5.10. The van der Waals surface area contributed by atoms with E-state index in [2.05, 4.69) is 12.2 Å². The van der Waals surface area contributed by atoms with Crippen molar-refractivity contribution in [3.05, 3.63) is 28.8 Å². The minimum Gasteiger partial charge on any atom is -0.373 e. The molecule has 0 spiro atoms. The number of carbonyl (C=O) groups is 2. The van der Waals surface area contributed by atoms with Crippen LogP contribution in [-0.2, 0) is 10.0 Å². The van der Waals surface area contributed by atoms with Gasteiger partial charge in [-0.2, -0.15) is 4.31 Å². The van der Waals surface area contributed by atoms with Gasteiger partial charge in [-0.1, -0.05) is 70.4 Å². The number of nitrogens with one attached hydrogen (secondary N) is 1. The third kappa shape index (κ3) is 8.71. The molecule has 0 aromatic heterocycles. The van der Waals surface area contributed by atoms with Crippen LogP contribution in [0.1, 0.15) is 95.3 Å². The van der Waals surface area contributed by atoms with Crippen LogP contribution < -0.4 is 5.32 Å². The van der Waals surface area contributed by atoms with E-state index in [0.717, 1.165) is 19.3 Å². The lowest BCUT2D eigenvalue weighted by atomic mass is 10.0. The summed E-state index contributed by atoms with van der Waals surface area (Å²) in [6, 6.07) is 2.93. The zero-order valence-corrected chi connectivity index (χ0v) is 21.0. The Morgan fingerprint density at radius 1 is 1.03 bits per heavy atom. The molecule has 0 saturated carbocycles. The Hall–Kier alpha value is -1.64. The van der Waals surface area contributed by atoms with Gasteiger partial charge in [-0.05, 0) is 38.0 Å². The van der Waals surface area contributed by atoms with Crippen LogP contribution in [0.2, 0.25) is 5.02 Å². The summed E-state index contributed by atoms with van der Waals surface area (Å²) in [6.45, 7) is 5.43. The fraction of sp³-hybridized carbons (Fsp3) is 0.652. The van der Waals surface area contributed by atoms with E-state index >= 15 is 0 Å². The summed E-state index contributed by atoms with van der Waals surface area (Å²) in [6.07, 6.45) is 7.73. The normalized spacial score (nSPS) is 12.4. The van der Waals surface area contributed by atoms with Gasteiger partial charge in [-0.3, -0.25) is 4.79 Å². The summed E-state index contributed by atoms with van der Waals surface area (Å²) >= 11 is 6.04. The molecule has 2 amide bonds. The van der Waals surface area contributed by atoms with Crippen molar-refractivity contribution >= 4 is 33.4 Å². The molecule has 2 N–H and O–H groups in total. The lowest BCUT2D eigenvalue weighted by Gasteiger charge is -2.26. The lowest BCUT2D eigenvalue weighted by Crippen LogP contribution is -2.48. The van der Waals surface area contributed by atoms with E-state index in [1.807, 2.05) is 6.92 Å². The topological polar surface area (TPSA) is 104 Å². The van der Waals surface area contributed by atoms with Crippen LogP contribution in [0, 0.1) is 0 Å². The van der Waals surface area contributed by atoms with Crippen LogP contribution in [0.5, 0.6) is 0 Å². The number of halogens is 1. The highest BCUT2D eigenvalue weighted by Crippen LogP contribution is 2.27. The van der Waals surface area contributed by atoms with Crippen molar-refractivity contribution in [3.63, 3.8) is 0 Å². The lowest BCUT2D eigenvalue weighted by molar-refractivity contribution is 0.0939. The zero-order valence-electron chi connectivity index (χ0n) is 19.4. The van der Waals surface area contributed by atoms with E-state index in [9.17, 15) is 23.1 Å². The van der Waals surface area contributed by atoms with E-state index < -0.39 is 22.3 Å². The van der Waals surface area contributed by atoms with E-state index in [-0.39, 0.29) is 34.2 Å². The maximum absolute atomic E-state index is 13.2. The molecule has 9 heteroatoms. The second kappa shape index (κ2) is 14.5. The second-order valence-corrected chi connectivity index (χ2v) is 10.2. The summed E-state index contributed by atoms with van der Waals surface area (Å²) in [5.41, 5.74) is -0.0608. The van der Waals surface area contributed by atoms with Crippen LogP contribution in [0.25, 0.3) is 0 Å². The summed E-state index contributed by atoms with van der Waals surface area (Å²) in [7, 11) is -4.48. The number of amides is 2. The Balaban J connectivity index is 2.96. The van der Waals surface area contributed by atoms with Crippen molar-refractivity contribution < 1.29 is 23.1 Å². The Kier molecular flexibility index (Phi) is 12.9. The number of aliphatic hydroxyl groups is 1. The summed E-state index contributed by atoms with van der Waals surface area (Å²) in [5, 5.41) is 12.7. The quantitative estimate of drug-likeness (QED) is 0.192. The molecule has 0 bridgehead atoms. The van der Waals surface area contributed by atoms with Gasteiger partial charge in [0.25, 0.3) is 10.0 Å². The van der Waals surface area contributed by atoms with Gasteiger partial charge in [0.05, 0.1) is 4.90 Å².